The minimum absolute atomic E-state index is 0.0214. The lowest BCUT2D eigenvalue weighted by Crippen LogP contribution is -2.56. The first-order valence-electron chi connectivity index (χ1n) is 16.0. The van der Waals surface area contributed by atoms with Crippen molar-refractivity contribution in [3.05, 3.63) is 65.6 Å². The Hall–Kier alpha value is -4.23. The molecule has 3 aromatic rings. The smallest absolute Gasteiger partial charge is 0.318 e. The minimum Gasteiger partial charge on any atom is -0.462 e. The van der Waals surface area contributed by atoms with Gasteiger partial charge in [0.15, 0.2) is 5.83 Å². The zero-order valence-corrected chi connectivity index (χ0v) is 26.1. The molecule has 10 heteroatoms. The van der Waals surface area contributed by atoms with Gasteiger partial charge in [0.05, 0.1) is 30.8 Å². The highest BCUT2D eigenvalue weighted by molar-refractivity contribution is 5.97. The number of likely N-dealkylation sites (N-methyl/N-ethyl adjacent to an activating group) is 1. The molecular formula is C35H40FN7O2. The molecule has 4 aliphatic rings. The van der Waals surface area contributed by atoms with Crippen molar-refractivity contribution >= 4 is 28.2 Å². The van der Waals surface area contributed by atoms with Gasteiger partial charge in [-0.05, 0) is 63.2 Å². The van der Waals surface area contributed by atoms with Crippen molar-refractivity contribution < 1.29 is 13.9 Å². The van der Waals surface area contributed by atoms with E-state index >= 15 is 0 Å². The van der Waals surface area contributed by atoms with Crippen molar-refractivity contribution in [1.82, 2.24) is 19.8 Å². The average molecular weight is 610 g/mol. The number of anilines is 2. The van der Waals surface area contributed by atoms with Gasteiger partial charge in [-0.3, -0.25) is 4.79 Å². The minimum atomic E-state index is -1.00. The van der Waals surface area contributed by atoms with E-state index in [1.807, 2.05) is 0 Å². The van der Waals surface area contributed by atoms with Crippen molar-refractivity contribution in [2.75, 3.05) is 49.6 Å². The molecule has 1 spiro atoms. The van der Waals surface area contributed by atoms with Gasteiger partial charge < -0.3 is 24.3 Å². The SMILES string of the molecule is C=C(F)C(=O)N1CCN(c2nc(OC[C@@H]3CCCN3C)nc3c2CC2(CC2)N(c2cccc4cccc(C)c24)C3)C[C@@H]1CC#N. The van der Waals surface area contributed by atoms with E-state index in [0.717, 1.165) is 55.7 Å². The van der Waals surface area contributed by atoms with E-state index in [0.29, 0.717) is 38.3 Å². The number of carbonyl (C=O) groups excluding carboxylic acids is 1. The number of nitriles is 1. The number of aryl methyl sites for hydroxylation is 1. The monoisotopic (exact) mass is 609 g/mol. The second-order valence-electron chi connectivity index (χ2n) is 13.1. The Labute approximate surface area is 263 Å². The van der Waals surface area contributed by atoms with Gasteiger partial charge in [0.1, 0.15) is 12.4 Å². The topological polar surface area (TPSA) is 88.8 Å². The Morgan fingerprint density at radius 1 is 1.16 bits per heavy atom. The van der Waals surface area contributed by atoms with E-state index in [-0.39, 0.29) is 18.5 Å². The number of halogens is 1. The fourth-order valence-electron chi connectivity index (χ4n) is 7.65. The van der Waals surface area contributed by atoms with Crippen LogP contribution >= 0.6 is 0 Å². The van der Waals surface area contributed by atoms with Crippen LogP contribution in [0.4, 0.5) is 15.9 Å². The molecule has 2 atom stereocenters. The number of hydrogen-bond acceptors (Lipinski definition) is 8. The summed E-state index contributed by atoms with van der Waals surface area (Å²) in [6, 6.07) is 15.4. The number of aromatic nitrogens is 2. The van der Waals surface area contributed by atoms with Crippen LogP contribution in [0.1, 0.15) is 48.9 Å². The van der Waals surface area contributed by atoms with Crippen LogP contribution in [0.3, 0.4) is 0 Å². The van der Waals surface area contributed by atoms with Crippen molar-refractivity contribution in [3.63, 3.8) is 0 Å². The average Bonchev–Trinajstić information content (AvgIpc) is 3.68. The van der Waals surface area contributed by atoms with Crippen LogP contribution in [-0.2, 0) is 17.8 Å². The third-order valence-corrected chi connectivity index (χ3v) is 10.3. The molecule has 4 heterocycles. The number of hydrogen-bond donors (Lipinski definition) is 0. The Morgan fingerprint density at radius 3 is 2.67 bits per heavy atom. The number of nitrogens with zero attached hydrogens (tertiary/aromatic N) is 7. The van der Waals surface area contributed by atoms with E-state index in [4.69, 9.17) is 14.7 Å². The quantitative estimate of drug-likeness (QED) is 0.349. The molecule has 0 unspecified atom stereocenters. The highest BCUT2D eigenvalue weighted by atomic mass is 19.1. The maximum atomic E-state index is 13.9. The summed E-state index contributed by atoms with van der Waals surface area (Å²) in [6.07, 6.45) is 5.29. The van der Waals surface area contributed by atoms with Gasteiger partial charge in [0.25, 0.3) is 5.91 Å². The Kier molecular flexibility index (Phi) is 7.60. The van der Waals surface area contributed by atoms with Gasteiger partial charge in [0.2, 0.25) is 0 Å². The van der Waals surface area contributed by atoms with E-state index in [2.05, 4.69) is 77.7 Å². The molecule has 2 aromatic carbocycles. The first-order chi connectivity index (χ1) is 21.8. The molecule has 0 bridgehead atoms. The summed E-state index contributed by atoms with van der Waals surface area (Å²) in [5, 5.41) is 12.1. The largest absolute Gasteiger partial charge is 0.462 e. The van der Waals surface area contributed by atoms with Crippen LogP contribution in [0.5, 0.6) is 6.01 Å². The molecular weight excluding hydrogens is 569 g/mol. The van der Waals surface area contributed by atoms with E-state index < -0.39 is 17.8 Å². The maximum absolute atomic E-state index is 13.9. The molecule has 0 N–H and O–H groups in total. The molecule has 7 rings (SSSR count). The highest BCUT2D eigenvalue weighted by Gasteiger charge is 2.52. The van der Waals surface area contributed by atoms with Gasteiger partial charge in [-0.15, -0.1) is 0 Å². The molecule has 0 radical (unpaired) electrons. The second kappa shape index (κ2) is 11.6. The first-order valence-corrected chi connectivity index (χ1v) is 16.0. The Balaban J connectivity index is 1.27. The zero-order chi connectivity index (χ0) is 31.3. The van der Waals surface area contributed by atoms with E-state index in [1.54, 1.807) is 0 Å². The Morgan fingerprint density at radius 2 is 1.96 bits per heavy atom. The van der Waals surface area contributed by atoms with Crippen molar-refractivity contribution in [3.8, 4) is 12.1 Å². The maximum Gasteiger partial charge on any atom is 0.318 e. The third kappa shape index (κ3) is 5.37. The van der Waals surface area contributed by atoms with Gasteiger partial charge >= 0.3 is 6.01 Å². The van der Waals surface area contributed by atoms with Crippen molar-refractivity contribution in [1.29, 1.82) is 5.26 Å². The number of benzene rings is 2. The molecule has 2 saturated heterocycles. The van der Waals surface area contributed by atoms with Crippen molar-refractivity contribution in [2.45, 2.75) is 69.6 Å². The van der Waals surface area contributed by atoms with Gasteiger partial charge in [-0.1, -0.05) is 36.9 Å². The number of carbonyl (C=O) groups is 1. The standard InChI is InChI=1S/C35H40FN7O2/c1-23-7-4-8-25-9-5-11-30(31(23)25)43-21-29-28(19-35(43)13-14-35)32(39-34(38-29)45-22-27-10-6-16-40(27)3)41-17-18-42(33(44)24(2)36)26(20-41)12-15-37/h4-5,7-9,11,26-27H,2,6,10,12-14,16-22H2,1,3H3/t26-,27-/m0/s1. The van der Waals surface area contributed by atoms with Gasteiger partial charge in [0, 0.05) is 54.3 Å². The zero-order valence-electron chi connectivity index (χ0n) is 26.1. The van der Waals surface area contributed by atoms with Crippen LogP contribution in [-0.4, -0.2) is 83.1 Å². The highest BCUT2D eigenvalue weighted by Crippen LogP contribution is 2.53. The summed E-state index contributed by atoms with van der Waals surface area (Å²) in [4.78, 5) is 31.1. The van der Waals surface area contributed by atoms with Crippen LogP contribution in [0.15, 0.2) is 48.8 Å². The summed E-state index contributed by atoms with van der Waals surface area (Å²) >= 11 is 0. The lowest BCUT2D eigenvalue weighted by molar-refractivity contribution is -0.131. The second-order valence-corrected chi connectivity index (χ2v) is 13.1. The van der Waals surface area contributed by atoms with Gasteiger partial charge in [-0.2, -0.15) is 15.2 Å². The first kappa shape index (κ1) is 29.5. The Bertz CT molecular complexity index is 1690. The summed E-state index contributed by atoms with van der Waals surface area (Å²) < 4.78 is 20.2. The predicted octanol–water partition coefficient (Wildman–Crippen LogP) is 4.92. The fourth-order valence-corrected chi connectivity index (χ4v) is 7.65. The van der Waals surface area contributed by atoms with Crippen molar-refractivity contribution in [2.24, 2.45) is 0 Å². The summed E-state index contributed by atoms with van der Waals surface area (Å²) in [6.45, 7) is 8.72. The normalized spacial score (nSPS) is 22.4. The molecule has 234 valence electrons. The van der Waals surface area contributed by atoms with Crippen LogP contribution in [0.25, 0.3) is 10.8 Å². The van der Waals surface area contributed by atoms with Crippen LogP contribution < -0.4 is 14.5 Å². The molecule has 9 nitrogen and oxygen atoms in total. The third-order valence-electron chi connectivity index (χ3n) is 10.3. The molecule has 1 amide bonds. The molecule has 1 aliphatic carbocycles. The van der Waals surface area contributed by atoms with E-state index in [1.165, 1.54) is 26.9 Å². The van der Waals surface area contributed by atoms with Crippen LogP contribution in [0.2, 0.25) is 0 Å². The van der Waals surface area contributed by atoms with Gasteiger partial charge in [-0.25, -0.2) is 4.39 Å². The predicted molar refractivity (Wildman–Crippen MR) is 172 cm³/mol. The molecule has 3 fully saturated rings. The number of amides is 1. The number of rotatable bonds is 7. The number of fused-ring (bicyclic) bond motifs is 2. The summed E-state index contributed by atoms with van der Waals surface area (Å²) in [5.41, 5.74) is 4.52. The van der Waals surface area contributed by atoms with E-state index in [9.17, 15) is 14.4 Å². The number of piperazine rings is 1. The number of ether oxygens (including phenoxy) is 1. The lowest BCUT2D eigenvalue weighted by atomic mass is 9.92. The molecule has 45 heavy (non-hydrogen) atoms. The fraction of sp³-hybridized carbons (Fsp3) is 0.486. The lowest BCUT2D eigenvalue weighted by Gasteiger charge is -2.44. The molecule has 3 aliphatic heterocycles. The number of likely N-dealkylation sites (tertiary alicyclic amines) is 1. The molecule has 1 saturated carbocycles. The van der Waals surface area contributed by atoms with Crippen LogP contribution in [0, 0.1) is 18.3 Å². The summed E-state index contributed by atoms with van der Waals surface area (Å²) in [7, 11) is 2.13. The summed E-state index contributed by atoms with van der Waals surface area (Å²) in [5.74, 6) is -0.941. The molecule has 1 aromatic heterocycles.